The van der Waals surface area contributed by atoms with E-state index in [1.54, 1.807) is 0 Å². The van der Waals surface area contributed by atoms with Crippen LogP contribution < -0.4 is 0 Å². The lowest BCUT2D eigenvalue weighted by molar-refractivity contribution is 0.0583. The van der Waals surface area contributed by atoms with Crippen molar-refractivity contribution in [2.45, 2.75) is 26.1 Å². The second-order valence-corrected chi connectivity index (χ2v) is 2.46. The van der Waals surface area contributed by atoms with E-state index in [0.29, 0.717) is 12.2 Å². The van der Waals surface area contributed by atoms with Gasteiger partial charge in [-0.2, -0.15) is 17.6 Å². The van der Waals surface area contributed by atoms with Gasteiger partial charge in [0.1, 0.15) is 0 Å². The van der Waals surface area contributed by atoms with Gasteiger partial charge in [-0.1, -0.05) is 0 Å². The van der Waals surface area contributed by atoms with Crippen LogP contribution in [0.15, 0.2) is 24.3 Å². The Morgan fingerprint density at radius 1 is 0.923 bits per heavy atom. The molecule has 0 radical (unpaired) electrons. The lowest BCUT2D eigenvalue weighted by atomic mass is 10.3. The van der Waals surface area contributed by atoms with Crippen LogP contribution in [0.25, 0.3) is 0 Å². The smallest absolute Gasteiger partial charge is 0.268 e. The van der Waals surface area contributed by atoms with Gasteiger partial charge in [0.25, 0.3) is 12.2 Å². The molecule has 0 amide bonds. The molecule has 5 heteroatoms. The van der Waals surface area contributed by atoms with E-state index in [-0.39, 0.29) is 0 Å². The van der Waals surface area contributed by atoms with Crippen molar-refractivity contribution in [3.05, 3.63) is 24.3 Å². The minimum atomic E-state index is -1.88. The number of hydrogen-bond donors (Lipinski definition) is 0. The highest BCUT2D eigenvalue weighted by molar-refractivity contribution is 4.91. The van der Waals surface area contributed by atoms with Crippen molar-refractivity contribution in [3.63, 3.8) is 0 Å². The maximum absolute atomic E-state index is 11.6. The molecule has 0 rings (SSSR count). The standard InChI is InChI=1S/C8H10F4O/c1-5(3-7(9)10)13-6(2)4-8(11)12/h3-6H,1-2H3. The number of ether oxygens (including phenoxy) is 1. The molecule has 0 spiro atoms. The molecule has 0 aromatic heterocycles. The molecule has 0 aliphatic rings. The highest BCUT2D eigenvalue weighted by Gasteiger charge is 2.06. The van der Waals surface area contributed by atoms with E-state index in [1.807, 2.05) is 0 Å². The maximum Gasteiger partial charge on any atom is 0.268 e. The Balaban J connectivity index is 3.99. The summed E-state index contributed by atoms with van der Waals surface area (Å²) in [6, 6.07) is 0. The van der Waals surface area contributed by atoms with Gasteiger partial charge in [0, 0.05) is 12.2 Å². The third kappa shape index (κ3) is 7.52. The Hall–Kier alpha value is -0.840. The third-order valence-corrected chi connectivity index (χ3v) is 1.15. The van der Waals surface area contributed by atoms with Gasteiger partial charge in [-0.05, 0) is 13.8 Å². The molecule has 0 saturated heterocycles. The third-order valence-electron chi connectivity index (χ3n) is 1.15. The summed E-state index contributed by atoms with van der Waals surface area (Å²) in [6.07, 6.45) is -4.42. The molecule has 0 aliphatic heterocycles. The molecule has 0 heterocycles. The Morgan fingerprint density at radius 3 is 1.46 bits per heavy atom. The zero-order chi connectivity index (χ0) is 10.4. The van der Waals surface area contributed by atoms with Crippen LogP contribution in [0.2, 0.25) is 0 Å². The van der Waals surface area contributed by atoms with Crippen LogP contribution in [-0.2, 0) is 4.74 Å². The predicted octanol–water partition coefficient (Wildman–Crippen LogP) is 3.34. The highest BCUT2D eigenvalue weighted by atomic mass is 19.3. The zero-order valence-corrected chi connectivity index (χ0v) is 7.23. The van der Waals surface area contributed by atoms with E-state index in [1.165, 1.54) is 13.8 Å². The molecule has 2 atom stereocenters. The summed E-state index contributed by atoms with van der Waals surface area (Å²) in [5.74, 6) is 0. The molecule has 0 aromatic rings. The van der Waals surface area contributed by atoms with Crippen molar-refractivity contribution in [2.75, 3.05) is 0 Å². The molecule has 0 aliphatic carbocycles. The summed E-state index contributed by atoms with van der Waals surface area (Å²) >= 11 is 0. The fourth-order valence-electron chi connectivity index (χ4n) is 0.772. The second-order valence-electron chi connectivity index (χ2n) is 2.46. The minimum Gasteiger partial charge on any atom is -0.367 e. The van der Waals surface area contributed by atoms with Gasteiger partial charge in [0.15, 0.2) is 0 Å². The molecular formula is C8H10F4O. The van der Waals surface area contributed by atoms with E-state index >= 15 is 0 Å². The first-order valence-electron chi connectivity index (χ1n) is 3.63. The molecule has 76 valence electrons. The average molecular weight is 198 g/mol. The van der Waals surface area contributed by atoms with Crippen molar-refractivity contribution in [1.82, 2.24) is 0 Å². The quantitative estimate of drug-likeness (QED) is 0.629. The Labute approximate surface area is 73.7 Å². The molecule has 0 aromatic carbocycles. The largest absolute Gasteiger partial charge is 0.367 e. The molecule has 0 N–H and O–H groups in total. The fourth-order valence-corrected chi connectivity index (χ4v) is 0.772. The molecule has 13 heavy (non-hydrogen) atoms. The molecule has 0 saturated carbocycles. The van der Waals surface area contributed by atoms with Crippen LogP contribution in [0.4, 0.5) is 17.6 Å². The first kappa shape index (κ1) is 12.2. The molecule has 0 fully saturated rings. The summed E-state index contributed by atoms with van der Waals surface area (Å²) in [4.78, 5) is 0. The molecule has 0 bridgehead atoms. The predicted molar refractivity (Wildman–Crippen MR) is 40.6 cm³/mol. The van der Waals surface area contributed by atoms with Crippen LogP contribution in [-0.4, -0.2) is 12.2 Å². The van der Waals surface area contributed by atoms with E-state index in [0.717, 1.165) is 0 Å². The maximum atomic E-state index is 11.6. The fraction of sp³-hybridized carbons (Fsp3) is 0.500. The second kappa shape index (κ2) is 5.75. The average Bonchev–Trinajstić information content (AvgIpc) is 1.80. The summed E-state index contributed by atoms with van der Waals surface area (Å²) in [6.45, 7) is 2.69. The first-order chi connectivity index (χ1) is 5.91. The number of hydrogen-bond acceptors (Lipinski definition) is 1. The van der Waals surface area contributed by atoms with Gasteiger partial charge >= 0.3 is 0 Å². The van der Waals surface area contributed by atoms with Crippen LogP contribution >= 0.6 is 0 Å². The van der Waals surface area contributed by atoms with Gasteiger partial charge < -0.3 is 4.74 Å². The molecular weight excluding hydrogens is 188 g/mol. The van der Waals surface area contributed by atoms with Crippen LogP contribution in [0, 0.1) is 0 Å². The van der Waals surface area contributed by atoms with Gasteiger partial charge in [-0.25, -0.2) is 0 Å². The van der Waals surface area contributed by atoms with Gasteiger partial charge in [-0.3, -0.25) is 0 Å². The number of rotatable bonds is 4. The van der Waals surface area contributed by atoms with Crippen molar-refractivity contribution < 1.29 is 22.3 Å². The molecule has 2 unspecified atom stereocenters. The normalized spacial score (nSPS) is 14.6. The molecule has 1 nitrogen and oxygen atoms in total. The van der Waals surface area contributed by atoms with Crippen molar-refractivity contribution in [2.24, 2.45) is 0 Å². The van der Waals surface area contributed by atoms with Gasteiger partial charge in [0.05, 0.1) is 12.2 Å². The van der Waals surface area contributed by atoms with Crippen LogP contribution in [0.1, 0.15) is 13.8 Å². The summed E-state index contributed by atoms with van der Waals surface area (Å²) in [5, 5.41) is 0. The summed E-state index contributed by atoms with van der Waals surface area (Å²) in [5.41, 5.74) is 0. The highest BCUT2D eigenvalue weighted by Crippen LogP contribution is 2.08. The zero-order valence-electron chi connectivity index (χ0n) is 7.23. The Kier molecular flexibility index (Phi) is 5.37. The van der Waals surface area contributed by atoms with E-state index in [4.69, 9.17) is 4.74 Å². The van der Waals surface area contributed by atoms with Crippen molar-refractivity contribution >= 4 is 0 Å². The Morgan fingerprint density at radius 2 is 1.23 bits per heavy atom. The van der Waals surface area contributed by atoms with E-state index in [9.17, 15) is 17.6 Å². The van der Waals surface area contributed by atoms with E-state index < -0.39 is 24.4 Å². The monoisotopic (exact) mass is 198 g/mol. The lowest BCUT2D eigenvalue weighted by Gasteiger charge is -2.11. The van der Waals surface area contributed by atoms with Crippen LogP contribution in [0.5, 0.6) is 0 Å². The minimum absolute atomic E-state index is 0.556. The van der Waals surface area contributed by atoms with Crippen LogP contribution in [0.3, 0.4) is 0 Å². The lowest BCUT2D eigenvalue weighted by Crippen LogP contribution is -2.13. The Bertz CT molecular complexity index is 182. The van der Waals surface area contributed by atoms with Gasteiger partial charge in [-0.15, -0.1) is 0 Å². The topological polar surface area (TPSA) is 9.23 Å². The first-order valence-corrected chi connectivity index (χ1v) is 3.63. The number of halogens is 4. The van der Waals surface area contributed by atoms with Crippen molar-refractivity contribution in [1.29, 1.82) is 0 Å². The van der Waals surface area contributed by atoms with Crippen molar-refractivity contribution in [3.8, 4) is 0 Å². The van der Waals surface area contributed by atoms with Gasteiger partial charge in [0.2, 0.25) is 0 Å². The van der Waals surface area contributed by atoms with E-state index in [2.05, 4.69) is 0 Å². The summed E-state index contributed by atoms with van der Waals surface area (Å²) in [7, 11) is 0. The summed E-state index contributed by atoms with van der Waals surface area (Å²) < 4.78 is 51.2. The SMILES string of the molecule is CC(C=C(F)F)OC(C)C=C(F)F.